The van der Waals surface area contributed by atoms with Gasteiger partial charge >= 0.3 is 12.3 Å². The molecule has 0 atom stereocenters. The quantitative estimate of drug-likeness (QED) is 0.578. The first kappa shape index (κ1) is 22.6. The highest BCUT2D eigenvalue weighted by Gasteiger charge is 2.35. The van der Waals surface area contributed by atoms with E-state index in [1.807, 2.05) is 13.8 Å². The fraction of sp³-hybridized carbons (Fsp3) is 0.611. The number of carbonyl (C=O) groups excluding carboxylic acids is 1. The maximum Gasteiger partial charge on any atom is 0.418 e. The number of halogens is 4. The van der Waals surface area contributed by atoms with E-state index in [0.29, 0.717) is 6.54 Å². The number of amides is 1. The predicted molar refractivity (Wildman–Crippen MR) is 93.9 cm³/mol. The van der Waals surface area contributed by atoms with Crippen LogP contribution in [0.1, 0.15) is 45.7 Å². The SMILES string of the molecule is CC(C)CN(COCc1cccc(Cl)c1C(F)(F)F)C(=O)OC(C)(C)C. The molecule has 0 saturated carbocycles. The van der Waals surface area contributed by atoms with E-state index in [-0.39, 0.29) is 29.8 Å². The van der Waals surface area contributed by atoms with E-state index in [1.54, 1.807) is 20.8 Å². The molecular weight excluding hydrogens is 371 g/mol. The van der Waals surface area contributed by atoms with Crippen LogP contribution in [0.25, 0.3) is 0 Å². The zero-order valence-corrected chi connectivity index (χ0v) is 16.4. The Balaban J connectivity index is 2.82. The van der Waals surface area contributed by atoms with Gasteiger partial charge in [-0.2, -0.15) is 13.2 Å². The van der Waals surface area contributed by atoms with E-state index in [9.17, 15) is 18.0 Å². The van der Waals surface area contributed by atoms with E-state index in [4.69, 9.17) is 21.1 Å². The summed E-state index contributed by atoms with van der Waals surface area (Å²) in [6.45, 7) is 8.88. The molecule has 148 valence electrons. The molecule has 0 heterocycles. The molecule has 0 aliphatic carbocycles. The number of ether oxygens (including phenoxy) is 2. The molecule has 4 nitrogen and oxygen atoms in total. The fourth-order valence-electron chi connectivity index (χ4n) is 2.22. The minimum atomic E-state index is -4.58. The molecule has 0 spiro atoms. The number of hydrogen-bond donors (Lipinski definition) is 0. The molecule has 0 aliphatic rings. The number of benzene rings is 1. The Morgan fingerprint density at radius 3 is 2.35 bits per heavy atom. The average molecular weight is 396 g/mol. The Labute approximate surface area is 157 Å². The first-order valence-electron chi connectivity index (χ1n) is 8.21. The lowest BCUT2D eigenvalue weighted by atomic mass is 10.1. The van der Waals surface area contributed by atoms with E-state index in [0.717, 1.165) is 0 Å². The normalized spacial score (nSPS) is 12.4. The number of nitrogens with zero attached hydrogens (tertiary/aromatic N) is 1. The van der Waals surface area contributed by atoms with Gasteiger partial charge in [0.2, 0.25) is 0 Å². The van der Waals surface area contributed by atoms with Crippen LogP contribution in [-0.2, 0) is 22.3 Å². The number of hydrogen-bond acceptors (Lipinski definition) is 3. The molecule has 1 aromatic rings. The second-order valence-corrected chi connectivity index (χ2v) is 7.75. The van der Waals surface area contributed by atoms with Gasteiger partial charge in [0.1, 0.15) is 12.3 Å². The molecule has 0 saturated heterocycles. The van der Waals surface area contributed by atoms with Crippen molar-refractivity contribution >= 4 is 17.7 Å². The van der Waals surface area contributed by atoms with Gasteiger partial charge in [-0.15, -0.1) is 0 Å². The molecule has 0 aromatic heterocycles. The highest BCUT2D eigenvalue weighted by molar-refractivity contribution is 6.31. The summed E-state index contributed by atoms with van der Waals surface area (Å²) in [6.07, 6.45) is -5.16. The summed E-state index contributed by atoms with van der Waals surface area (Å²) in [5.74, 6) is 0.142. The molecule has 0 bridgehead atoms. The van der Waals surface area contributed by atoms with Gasteiger partial charge in [0.15, 0.2) is 0 Å². The third-order valence-electron chi connectivity index (χ3n) is 3.13. The van der Waals surface area contributed by atoms with Crippen molar-refractivity contribution in [3.8, 4) is 0 Å². The third kappa shape index (κ3) is 7.41. The predicted octanol–water partition coefficient (Wildman–Crippen LogP) is 5.73. The summed E-state index contributed by atoms with van der Waals surface area (Å²) in [7, 11) is 0. The largest absolute Gasteiger partial charge is 0.444 e. The lowest BCUT2D eigenvalue weighted by Crippen LogP contribution is -2.40. The minimum absolute atomic E-state index is 0.0846. The Bertz CT molecular complexity index is 613. The van der Waals surface area contributed by atoms with Crippen molar-refractivity contribution < 1.29 is 27.4 Å². The zero-order chi connectivity index (χ0) is 20.1. The number of carbonyl (C=O) groups is 1. The molecule has 26 heavy (non-hydrogen) atoms. The number of alkyl halides is 3. The summed E-state index contributed by atoms with van der Waals surface area (Å²) < 4.78 is 50.2. The first-order chi connectivity index (χ1) is 11.8. The molecule has 0 radical (unpaired) electrons. The van der Waals surface area contributed by atoms with Gasteiger partial charge < -0.3 is 9.47 Å². The van der Waals surface area contributed by atoms with Gasteiger partial charge in [-0.3, -0.25) is 4.90 Å². The standard InChI is InChI=1S/C18H25ClF3NO3/c1-12(2)9-23(16(24)26-17(3,4)5)11-25-10-13-7-6-8-14(19)15(13)18(20,21)22/h6-8,12H,9-11H2,1-5H3. The molecule has 0 N–H and O–H groups in total. The summed E-state index contributed by atoms with van der Waals surface area (Å²) in [5, 5.41) is -0.384. The summed E-state index contributed by atoms with van der Waals surface area (Å²) in [4.78, 5) is 13.6. The van der Waals surface area contributed by atoms with E-state index in [2.05, 4.69) is 0 Å². The van der Waals surface area contributed by atoms with Gasteiger partial charge in [-0.1, -0.05) is 37.6 Å². The van der Waals surface area contributed by atoms with Crippen LogP contribution in [0.2, 0.25) is 5.02 Å². The highest BCUT2D eigenvalue weighted by atomic mass is 35.5. The van der Waals surface area contributed by atoms with Crippen LogP contribution in [-0.4, -0.2) is 29.9 Å². The second-order valence-electron chi connectivity index (χ2n) is 7.35. The van der Waals surface area contributed by atoms with Crippen LogP contribution < -0.4 is 0 Å². The molecule has 0 aliphatic heterocycles. The zero-order valence-electron chi connectivity index (χ0n) is 15.6. The van der Waals surface area contributed by atoms with Gasteiger partial charge in [0.25, 0.3) is 0 Å². The molecule has 1 aromatic carbocycles. The molecule has 1 amide bonds. The smallest absolute Gasteiger partial charge is 0.418 e. The van der Waals surface area contributed by atoms with Crippen LogP contribution in [0, 0.1) is 5.92 Å². The summed E-state index contributed by atoms with van der Waals surface area (Å²) in [6, 6.07) is 3.91. The van der Waals surface area contributed by atoms with Gasteiger partial charge in [-0.25, -0.2) is 4.79 Å². The molecule has 0 unspecified atom stereocenters. The maximum absolute atomic E-state index is 13.2. The van der Waals surface area contributed by atoms with Crippen LogP contribution in [0.4, 0.5) is 18.0 Å². The third-order valence-corrected chi connectivity index (χ3v) is 3.44. The number of rotatable bonds is 6. The first-order valence-corrected chi connectivity index (χ1v) is 8.59. The Morgan fingerprint density at radius 1 is 1.23 bits per heavy atom. The van der Waals surface area contributed by atoms with Crippen molar-refractivity contribution in [3.63, 3.8) is 0 Å². The lowest BCUT2D eigenvalue weighted by Gasteiger charge is -2.28. The molecule has 8 heteroatoms. The van der Waals surface area contributed by atoms with Crippen molar-refractivity contribution in [1.29, 1.82) is 0 Å². The van der Waals surface area contributed by atoms with Crippen molar-refractivity contribution in [2.75, 3.05) is 13.3 Å². The van der Waals surface area contributed by atoms with Crippen LogP contribution in [0.5, 0.6) is 0 Å². The van der Waals surface area contributed by atoms with Crippen LogP contribution in [0.15, 0.2) is 18.2 Å². The monoisotopic (exact) mass is 395 g/mol. The highest BCUT2D eigenvalue weighted by Crippen LogP contribution is 2.37. The lowest BCUT2D eigenvalue weighted by molar-refractivity contribution is -0.139. The van der Waals surface area contributed by atoms with Gasteiger partial charge in [-0.05, 0) is 38.3 Å². The van der Waals surface area contributed by atoms with E-state index < -0.39 is 23.4 Å². The van der Waals surface area contributed by atoms with Crippen molar-refractivity contribution in [2.45, 2.75) is 53.0 Å². The van der Waals surface area contributed by atoms with Crippen molar-refractivity contribution in [1.82, 2.24) is 4.90 Å². The Kier molecular flexibility index (Phi) is 7.77. The van der Waals surface area contributed by atoms with Crippen LogP contribution >= 0.6 is 11.6 Å². The second kappa shape index (κ2) is 8.95. The van der Waals surface area contributed by atoms with E-state index in [1.165, 1.54) is 23.1 Å². The fourth-order valence-corrected chi connectivity index (χ4v) is 2.52. The van der Waals surface area contributed by atoms with Gasteiger partial charge in [0, 0.05) is 6.54 Å². The Hall–Kier alpha value is -1.47. The average Bonchev–Trinajstić information content (AvgIpc) is 2.42. The topological polar surface area (TPSA) is 38.8 Å². The molecular formula is C18H25ClF3NO3. The van der Waals surface area contributed by atoms with Crippen molar-refractivity contribution in [3.05, 3.63) is 34.3 Å². The summed E-state index contributed by atoms with van der Waals surface area (Å²) in [5.41, 5.74) is -1.68. The molecule has 1 rings (SSSR count). The maximum atomic E-state index is 13.2. The Morgan fingerprint density at radius 2 is 1.85 bits per heavy atom. The van der Waals surface area contributed by atoms with Crippen LogP contribution in [0.3, 0.4) is 0 Å². The van der Waals surface area contributed by atoms with E-state index >= 15 is 0 Å². The van der Waals surface area contributed by atoms with Crippen molar-refractivity contribution in [2.24, 2.45) is 5.92 Å². The van der Waals surface area contributed by atoms with Gasteiger partial charge in [0.05, 0.1) is 17.2 Å². The molecule has 0 fully saturated rings. The summed E-state index contributed by atoms with van der Waals surface area (Å²) >= 11 is 5.69. The minimum Gasteiger partial charge on any atom is -0.444 e.